The van der Waals surface area contributed by atoms with Crippen LogP contribution in [0.15, 0.2) is 34.9 Å². The van der Waals surface area contributed by atoms with Crippen molar-refractivity contribution in [3.63, 3.8) is 0 Å². The molecule has 0 amide bonds. The molecule has 3 rings (SSSR count). The quantitative estimate of drug-likeness (QED) is 0.739. The highest BCUT2D eigenvalue weighted by Gasteiger charge is 2.32. The predicted molar refractivity (Wildman–Crippen MR) is 99.8 cm³/mol. The molecule has 1 unspecified atom stereocenters. The van der Waals surface area contributed by atoms with E-state index in [4.69, 9.17) is 0 Å². The molecule has 1 aromatic carbocycles. The lowest BCUT2D eigenvalue weighted by molar-refractivity contribution is 0.187. The van der Waals surface area contributed by atoms with Gasteiger partial charge in [-0.3, -0.25) is 4.90 Å². The van der Waals surface area contributed by atoms with Gasteiger partial charge in [0.2, 0.25) is 0 Å². The van der Waals surface area contributed by atoms with E-state index in [9.17, 15) is 0 Å². The molecule has 0 spiro atoms. The van der Waals surface area contributed by atoms with Crippen molar-refractivity contribution in [1.82, 2.24) is 4.90 Å². The monoisotopic (exact) mass is 309 g/mol. The second-order valence-electron chi connectivity index (χ2n) is 7.45. The summed E-state index contributed by atoms with van der Waals surface area (Å²) in [7, 11) is 0. The molecule has 0 aromatic heterocycles. The molecule has 0 saturated carbocycles. The summed E-state index contributed by atoms with van der Waals surface area (Å²) in [6, 6.07) is 5.38. The van der Waals surface area contributed by atoms with Crippen LogP contribution >= 0.6 is 0 Å². The van der Waals surface area contributed by atoms with Crippen LogP contribution in [0.5, 0.6) is 0 Å². The van der Waals surface area contributed by atoms with Crippen molar-refractivity contribution in [3.8, 4) is 0 Å². The molecular formula is C22H31N. The number of rotatable bonds is 3. The first kappa shape index (κ1) is 16.5. The van der Waals surface area contributed by atoms with Crippen molar-refractivity contribution < 1.29 is 0 Å². The van der Waals surface area contributed by atoms with Gasteiger partial charge in [0.25, 0.3) is 0 Å². The van der Waals surface area contributed by atoms with Crippen LogP contribution in [0.2, 0.25) is 0 Å². The van der Waals surface area contributed by atoms with E-state index in [-0.39, 0.29) is 0 Å². The van der Waals surface area contributed by atoms with Gasteiger partial charge in [-0.1, -0.05) is 43.2 Å². The topological polar surface area (TPSA) is 3.24 Å². The molecule has 1 aromatic rings. The summed E-state index contributed by atoms with van der Waals surface area (Å²) in [6.45, 7) is 13.7. The van der Waals surface area contributed by atoms with Gasteiger partial charge in [-0.15, -0.1) is 0 Å². The molecule has 2 aliphatic rings. The predicted octanol–water partition coefficient (Wildman–Crippen LogP) is 5.22. The van der Waals surface area contributed by atoms with E-state index in [0.717, 1.165) is 13.0 Å². The third-order valence-corrected chi connectivity index (χ3v) is 5.64. The first-order valence-corrected chi connectivity index (χ1v) is 9.26. The Labute approximate surface area is 142 Å². The molecule has 23 heavy (non-hydrogen) atoms. The molecule has 0 N–H and O–H groups in total. The molecule has 0 bridgehead atoms. The molecule has 0 saturated heterocycles. The Morgan fingerprint density at radius 3 is 2.65 bits per heavy atom. The SMILES string of the molecule is CCc1ccc2c(c1CC)CN1CCC(C)=C(C=C(C)C)C1C2. The van der Waals surface area contributed by atoms with Crippen LogP contribution in [0.4, 0.5) is 0 Å². The summed E-state index contributed by atoms with van der Waals surface area (Å²) in [5, 5.41) is 0. The van der Waals surface area contributed by atoms with Gasteiger partial charge in [0.05, 0.1) is 0 Å². The lowest BCUT2D eigenvalue weighted by Crippen LogP contribution is -2.45. The highest BCUT2D eigenvalue weighted by atomic mass is 15.2. The van der Waals surface area contributed by atoms with Gasteiger partial charge in [-0.05, 0) is 74.3 Å². The van der Waals surface area contributed by atoms with Crippen LogP contribution in [-0.2, 0) is 25.8 Å². The molecule has 1 heteroatoms. The number of fused-ring (bicyclic) bond motifs is 2. The minimum absolute atomic E-state index is 0.586. The Bertz CT molecular complexity index is 659. The highest BCUT2D eigenvalue weighted by molar-refractivity contribution is 5.46. The van der Waals surface area contributed by atoms with Crippen molar-refractivity contribution >= 4 is 0 Å². The van der Waals surface area contributed by atoms with E-state index in [2.05, 4.69) is 57.7 Å². The van der Waals surface area contributed by atoms with Crippen molar-refractivity contribution in [2.45, 2.75) is 72.9 Å². The zero-order valence-corrected chi connectivity index (χ0v) is 15.5. The van der Waals surface area contributed by atoms with Gasteiger partial charge < -0.3 is 0 Å². The van der Waals surface area contributed by atoms with E-state index in [1.165, 1.54) is 31.4 Å². The Balaban J connectivity index is 2.03. The fourth-order valence-electron chi connectivity index (χ4n) is 4.41. The van der Waals surface area contributed by atoms with E-state index in [1.807, 2.05) is 0 Å². The lowest BCUT2D eigenvalue weighted by Gasteiger charge is -2.42. The number of hydrogen-bond acceptors (Lipinski definition) is 1. The number of allylic oxidation sites excluding steroid dienone is 1. The third-order valence-electron chi connectivity index (χ3n) is 5.64. The maximum Gasteiger partial charge on any atom is 0.0391 e. The maximum atomic E-state index is 2.72. The van der Waals surface area contributed by atoms with Crippen molar-refractivity contribution in [1.29, 1.82) is 0 Å². The maximum absolute atomic E-state index is 2.72. The fraction of sp³-hybridized carbons (Fsp3) is 0.545. The Morgan fingerprint density at radius 1 is 1.22 bits per heavy atom. The molecule has 2 aliphatic heterocycles. The molecule has 0 fully saturated rings. The van der Waals surface area contributed by atoms with Gasteiger partial charge in [0.1, 0.15) is 0 Å². The minimum atomic E-state index is 0.586. The zero-order chi connectivity index (χ0) is 16.6. The van der Waals surface area contributed by atoms with Crippen molar-refractivity contribution in [3.05, 3.63) is 57.2 Å². The Morgan fingerprint density at radius 2 is 2.00 bits per heavy atom. The zero-order valence-electron chi connectivity index (χ0n) is 15.5. The van der Waals surface area contributed by atoms with E-state index in [0.29, 0.717) is 6.04 Å². The van der Waals surface area contributed by atoms with Crippen molar-refractivity contribution in [2.75, 3.05) is 6.54 Å². The number of nitrogens with zero attached hydrogens (tertiary/aromatic N) is 1. The van der Waals surface area contributed by atoms with Crippen LogP contribution < -0.4 is 0 Å². The van der Waals surface area contributed by atoms with Crippen molar-refractivity contribution in [2.24, 2.45) is 0 Å². The van der Waals surface area contributed by atoms with E-state index >= 15 is 0 Å². The molecule has 1 atom stereocenters. The summed E-state index contributed by atoms with van der Waals surface area (Å²) in [4.78, 5) is 2.72. The van der Waals surface area contributed by atoms with Crippen LogP contribution in [0.25, 0.3) is 0 Å². The van der Waals surface area contributed by atoms with Gasteiger partial charge in [0, 0.05) is 19.1 Å². The van der Waals surface area contributed by atoms with E-state index in [1.54, 1.807) is 33.4 Å². The second kappa shape index (κ2) is 6.65. The summed E-state index contributed by atoms with van der Waals surface area (Å²) in [5.74, 6) is 0. The Kier molecular flexibility index (Phi) is 4.77. The van der Waals surface area contributed by atoms with Crippen LogP contribution in [0, 0.1) is 0 Å². The first-order chi connectivity index (χ1) is 11.0. The average Bonchev–Trinajstić information content (AvgIpc) is 2.54. The Hall–Kier alpha value is -1.34. The smallest absolute Gasteiger partial charge is 0.0391 e. The van der Waals surface area contributed by atoms with Crippen LogP contribution in [0.1, 0.15) is 63.3 Å². The van der Waals surface area contributed by atoms with Crippen LogP contribution in [0.3, 0.4) is 0 Å². The van der Waals surface area contributed by atoms with Gasteiger partial charge in [-0.25, -0.2) is 0 Å². The highest BCUT2D eigenvalue weighted by Crippen LogP contribution is 2.36. The average molecular weight is 309 g/mol. The largest absolute Gasteiger partial charge is 0.291 e. The first-order valence-electron chi connectivity index (χ1n) is 9.26. The molecule has 124 valence electrons. The molecular weight excluding hydrogens is 278 g/mol. The molecule has 2 heterocycles. The standard InChI is InChI=1S/C22H31N/c1-6-17-8-9-18-13-22-20(12-15(3)4)16(5)10-11-23(22)14-21(18)19(17)7-2/h8-9,12,22H,6-7,10-11,13-14H2,1-5H3. The summed E-state index contributed by atoms with van der Waals surface area (Å²) >= 11 is 0. The molecule has 0 aliphatic carbocycles. The van der Waals surface area contributed by atoms with Gasteiger partial charge in [-0.2, -0.15) is 0 Å². The number of aryl methyl sites for hydroxylation is 1. The third kappa shape index (κ3) is 3.04. The minimum Gasteiger partial charge on any atom is -0.291 e. The van der Waals surface area contributed by atoms with Gasteiger partial charge >= 0.3 is 0 Å². The lowest BCUT2D eigenvalue weighted by atomic mass is 9.81. The van der Waals surface area contributed by atoms with Gasteiger partial charge in [0.15, 0.2) is 0 Å². The number of hydrogen-bond donors (Lipinski definition) is 0. The summed E-state index contributed by atoms with van der Waals surface area (Å²) in [5.41, 5.74) is 11.0. The van der Waals surface area contributed by atoms with Crippen LogP contribution in [-0.4, -0.2) is 17.5 Å². The second-order valence-corrected chi connectivity index (χ2v) is 7.45. The summed E-state index contributed by atoms with van der Waals surface area (Å²) in [6.07, 6.45) is 7.16. The fourth-order valence-corrected chi connectivity index (χ4v) is 4.41. The number of benzene rings is 1. The normalized spacial score (nSPS) is 21.0. The molecule has 1 nitrogen and oxygen atoms in total. The molecule has 0 radical (unpaired) electrons. The van der Waals surface area contributed by atoms with E-state index < -0.39 is 0 Å². The summed E-state index contributed by atoms with van der Waals surface area (Å²) < 4.78 is 0.